The predicted octanol–water partition coefficient (Wildman–Crippen LogP) is 2.13. The number of rotatable bonds is 7. The van der Waals surface area contributed by atoms with Crippen LogP contribution in [0, 0.1) is 10.1 Å². The number of carbonyl (C=O) groups excluding carboxylic acids is 1. The molecule has 0 spiro atoms. The van der Waals surface area contributed by atoms with Crippen molar-refractivity contribution in [3.05, 3.63) is 64.2 Å². The summed E-state index contributed by atoms with van der Waals surface area (Å²) in [7, 11) is 0. The third-order valence-electron chi connectivity index (χ3n) is 4.92. The Kier molecular flexibility index (Phi) is 5.80. The van der Waals surface area contributed by atoms with E-state index < -0.39 is 10.9 Å². The van der Waals surface area contributed by atoms with Crippen LogP contribution in [0.2, 0.25) is 0 Å². The van der Waals surface area contributed by atoms with Crippen LogP contribution in [0.15, 0.2) is 42.9 Å². The summed E-state index contributed by atoms with van der Waals surface area (Å²) >= 11 is 0. The molecule has 1 N–H and O–H groups in total. The summed E-state index contributed by atoms with van der Waals surface area (Å²) < 4.78 is 2.73. The molecule has 11 nitrogen and oxygen atoms in total. The lowest BCUT2D eigenvalue weighted by atomic mass is 10.1. The van der Waals surface area contributed by atoms with Gasteiger partial charge in [0.1, 0.15) is 0 Å². The third kappa shape index (κ3) is 4.87. The molecule has 0 saturated carbocycles. The van der Waals surface area contributed by atoms with E-state index >= 15 is 0 Å². The van der Waals surface area contributed by atoms with Crippen LogP contribution in [0.3, 0.4) is 0 Å². The number of hydrogen-bond donors (Lipinski definition) is 1. The molecule has 4 rings (SSSR count). The van der Waals surface area contributed by atoms with Crippen molar-refractivity contribution < 1.29 is 9.72 Å². The second-order valence-electron chi connectivity index (χ2n) is 7.21. The van der Waals surface area contributed by atoms with Crippen molar-refractivity contribution in [1.29, 1.82) is 0 Å². The number of piperidine rings is 1. The highest BCUT2D eigenvalue weighted by molar-refractivity contribution is 6.02. The summed E-state index contributed by atoms with van der Waals surface area (Å²) in [6, 6.07) is 9.41. The van der Waals surface area contributed by atoms with Crippen molar-refractivity contribution in [2.75, 3.05) is 18.4 Å². The van der Waals surface area contributed by atoms with Gasteiger partial charge in [-0.3, -0.25) is 9.69 Å². The number of nitrogens with zero attached hydrogens (tertiary/aromatic N) is 7. The van der Waals surface area contributed by atoms with Gasteiger partial charge in [0, 0.05) is 23.5 Å². The van der Waals surface area contributed by atoms with Crippen molar-refractivity contribution in [2.24, 2.45) is 0 Å². The van der Waals surface area contributed by atoms with E-state index in [0.29, 0.717) is 5.69 Å². The Balaban J connectivity index is 1.32. The van der Waals surface area contributed by atoms with E-state index in [1.165, 1.54) is 40.5 Å². The van der Waals surface area contributed by atoms with E-state index in [1.54, 1.807) is 12.3 Å². The highest BCUT2D eigenvalue weighted by Gasteiger charge is 2.15. The topological polar surface area (TPSA) is 124 Å². The molecule has 0 radical (unpaired) electrons. The van der Waals surface area contributed by atoms with E-state index in [2.05, 4.69) is 25.4 Å². The van der Waals surface area contributed by atoms with E-state index in [-0.39, 0.29) is 18.3 Å². The zero-order valence-corrected chi connectivity index (χ0v) is 16.3. The number of benzene rings is 1. The van der Waals surface area contributed by atoms with Crippen LogP contribution in [0.25, 0.3) is 0 Å². The SMILES string of the molecule is O=C(Nc1ccc(CN2CCCCC2)cc1)c1ccn(Cn2cnc([N+](=O)[O-])n2)n1. The van der Waals surface area contributed by atoms with Gasteiger partial charge in [-0.1, -0.05) is 23.5 Å². The van der Waals surface area contributed by atoms with E-state index in [4.69, 9.17) is 0 Å². The maximum atomic E-state index is 12.5. The highest BCUT2D eigenvalue weighted by atomic mass is 16.6. The summed E-state index contributed by atoms with van der Waals surface area (Å²) in [5, 5.41) is 21.4. The number of likely N-dealkylation sites (tertiary alicyclic amines) is 1. The average molecular weight is 410 g/mol. The molecule has 30 heavy (non-hydrogen) atoms. The number of nitro groups is 1. The normalized spacial score (nSPS) is 14.5. The molecular formula is C19H22N8O3. The molecule has 156 valence electrons. The minimum Gasteiger partial charge on any atom is -0.390 e. The molecule has 0 unspecified atom stereocenters. The summed E-state index contributed by atoms with van der Waals surface area (Å²) in [5.41, 5.74) is 2.16. The highest BCUT2D eigenvalue weighted by Crippen LogP contribution is 2.16. The Bertz CT molecular complexity index is 1020. The summed E-state index contributed by atoms with van der Waals surface area (Å²) in [6.07, 6.45) is 6.67. The first-order valence-corrected chi connectivity index (χ1v) is 9.77. The first-order chi connectivity index (χ1) is 14.6. The number of carbonyl (C=O) groups is 1. The molecule has 2 aromatic heterocycles. The van der Waals surface area contributed by atoms with Crippen LogP contribution in [0.5, 0.6) is 0 Å². The van der Waals surface area contributed by atoms with Crippen LogP contribution >= 0.6 is 0 Å². The van der Waals surface area contributed by atoms with Crippen molar-refractivity contribution in [2.45, 2.75) is 32.5 Å². The Labute approximate surface area is 172 Å². The standard InChI is InChI=1S/C19H22N8O3/c28-18(17-8-11-25(22-17)14-26-13-20-19(23-26)27(29)30)21-16-6-4-15(5-7-16)12-24-9-2-1-3-10-24/h4-8,11,13H,1-3,9-10,12,14H2,(H,21,28). The molecule has 1 aromatic carbocycles. The Morgan fingerprint density at radius 1 is 1.07 bits per heavy atom. The number of anilines is 1. The van der Waals surface area contributed by atoms with Crippen LogP contribution in [-0.4, -0.2) is 53.4 Å². The fraction of sp³-hybridized carbons (Fsp3) is 0.368. The van der Waals surface area contributed by atoms with Gasteiger partial charge in [-0.2, -0.15) is 9.78 Å². The maximum Gasteiger partial charge on any atom is 0.491 e. The number of amides is 1. The number of nitrogens with one attached hydrogen (secondary N) is 1. The number of hydrogen-bond acceptors (Lipinski definition) is 7. The van der Waals surface area contributed by atoms with Crippen molar-refractivity contribution in [3.8, 4) is 0 Å². The van der Waals surface area contributed by atoms with Gasteiger partial charge in [0.05, 0.1) is 0 Å². The van der Waals surface area contributed by atoms with Crippen molar-refractivity contribution >= 4 is 17.5 Å². The molecule has 0 bridgehead atoms. The average Bonchev–Trinajstić information content (AvgIpc) is 3.41. The third-order valence-corrected chi connectivity index (χ3v) is 4.92. The molecule has 1 aliphatic rings. The van der Waals surface area contributed by atoms with Gasteiger partial charge in [-0.15, -0.1) is 0 Å². The molecule has 1 saturated heterocycles. The molecule has 11 heteroatoms. The maximum absolute atomic E-state index is 12.5. The van der Waals surface area contributed by atoms with Gasteiger partial charge >= 0.3 is 5.95 Å². The van der Waals surface area contributed by atoms with E-state index in [9.17, 15) is 14.9 Å². The zero-order chi connectivity index (χ0) is 20.9. The van der Waals surface area contributed by atoms with Crippen LogP contribution in [-0.2, 0) is 13.2 Å². The van der Waals surface area contributed by atoms with Crippen LogP contribution < -0.4 is 5.32 Å². The van der Waals surface area contributed by atoms with Gasteiger partial charge < -0.3 is 15.4 Å². The summed E-state index contributed by atoms with van der Waals surface area (Å²) in [5.74, 6) is -0.814. The Hall–Kier alpha value is -3.60. The molecule has 1 fully saturated rings. The molecule has 0 aliphatic carbocycles. The fourth-order valence-corrected chi connectivity index (χ4v) is 3.41. The first kappa shape index (κ1) is 19.7. The van der Waals surface area contributed by atoms with Crippen molar-refractivity contribution in [1.82, 2.24) is 29.4 Å². The quantitative estimate of drug-likeness (QED) is 0.467. The lowest BCUT2D eigenvalue weighted by molar-refractivity contribution is -0.394. The van der Waals surface area contributed by atoms with Gasteiger partial charge in [0.25, 0.3) is 5.91 Å². The van der Waals surface area contributed by atoms with Gasteiger partial charge in [0.15, 0.2) is 12.4 Å². The Morgan fingerprint density at radius 2 is 1.83 bits per heavy atom. The fourth-order valence-electron chi connectivity index (χ4n) is 3.41. The van der Waals surface area contributed by atoms with Gasteiger partial charge in [-0.25, -0.2) is 4.68 Å². The first-order valence-electron chi connectivity index (χ1n) is 9.77. The molecule has 3 heterocycles. The van der Waals surface area contributed by atoms with Gasteiger partial charge in [-0.05, 0) is 54.6 Å². The van der Waals surface area contributed by atoms with Crippen LogP contribution in [0.4, 0.5) is 11.6 Å². The predicted molar refractivity (Wildman–Crippen MR) is 108 cm³/mol. The smallest absolute Gasteiger partial charge is 0.390 e. The monoisotopic (exact) mass is 410 g/mol. The van der Waals surface area contributed by atoms with Gasteiger partial charge in [0.2, 0.25) is 6.33 Å². The Morgan fingerprint density at radius 3 is 2.53 bits per heavy atom. The zero-order valence-electron chi connectivity index (χ0n) is 16.3. The lowest BCUT2D eigenvalue weighted by Crippen LogP contribution is -2.29. The lowest BCUT2D eigenvalue weighted by Gasteiger charge is -2.26. The molecule has 1 amide bonds. The second-order valence-corrected chi connectivity index (χ2v) is 7.21. The minimum atomic E-state index is -0.670. The largest absolute Gasteiger partial charge is 0.491 e. The van der Waals surface area contributed by atoms with E-state index in [0.717, 1.165) is 19.6 Å². The molecule has 0 atom stereocenters. The molecule has 1 aliphatic heterocycles. The molecule has 3 aromatic rings. The van der Waals surface area contributed by atoms with Crippen molar-refractivity contribution in [3.63, 3.8) is 0 Å². The van der Waals surface area contributed by atoms with E-state index in [1.807, 2.05) is 24.3 Å². The second kappa shape index (κ2) is 8.82. The molecular weight excluding hydrogens is 388 g/mol. The number of aromatic nitrogens is 5. The van der Waals surface area contributed by atoms with Crippen LogP contribution in [0.1, 0.15) is 35.3 Å². The minimum absolute atomic E-state index is 0.110. The summed E-state index contributed by atoms with van der Waals surface area (Å²) in [4.78, 5) is 28.5. The summed E-state index contributed by atoms with van der Waals surface area (Å²) in [6.45, 7) is 3.32.